The van der Waals surface area contributed by atoms with Gasteiger partial charge in [0.05, 0.1) is 34.9 Å². The minimum Gasteiger partial charge on any atom is -0.321 e. The molecule has 0 aliphatic heterocycles. The number of hydrogen-bond donors (Lipinski definition) is 1. The Bertz CT molecular complexity index is 1170. The van der Waals surface area contributed by atoms with Gasteiger partial charge in [-0.2, -0.15) is 23.4 Å². The summed E-state index contributed by atoms with van der Waals surface area (Å²) in [4.78, 5) is 12.6. The minimum atomic E-state index is -4.44. The van der Waals surface area contributed by atoms with Gasteiger partial charge in [0.2, 0.25) is 5.95 Å². The summed E-state index contributed by atoms with van der Waals surface area (Å²) < 4.78 is 43.7. The number of hydrogen-bond acceptors (Lipinski definition) is 6. The number of anilines is 2. The molecule has 2 unspecified atom stereocenters. The maximum Gasteiger partial charge on any atom is 0.419 e. The fourth-order valence-electron chi connectivity index (χ4n) is 5.38. The molecule has 0 aromatic carbocycles. The monoisotopic (exact) mass is 444 g/mol. The average Bonchev–Trinajstić information content (AvgIpc) is 3.56. The second kappa shape index (κ2) is 6.76. The average molecular weight is 444 g/mol. The third-order valence-electron chi connectivity index (χ3n) is 7.19. The van der Waals surface area contributed by atoms with Crippen molar-refractivity contribution in [2.75, 3.05) is 5.32 Å². The highest BCUT2D eigenvalue weighted by molar-refractivity contribution is 5.55. The van der Waals surface area contributed by atoms with E-state index in [4.69, 9.17) is 0 Å². The first-order valence-electron chi connectivity index (χ1n) is 10.9. The molecule has 3 aliphatic carbocycles. The SMILES string of the molecule is Cc1c(Nc2ncc(C(F)(F)F)c(C3CC3)n2)cnn1C1C[C@@H]2C(c3ncnn3C)[C@@H]2C1. The lowest BCUT2D eigenvalue weighted by atomic mass is 10.1. The van der Waals surface area contributed by atoms with Gasteiger partial charge in [-0.3, -0.25) is 9.36 Å². The van der Waals surface area contributed by atoms with Crippen LogP contribution in [0.25, 0.3) is 0 Å². The van der Waals surface area contributed by atoms with Crippen LogP contribution in [0.5, 0.6) is 0 Å². The Labute approximate surface area is 182 Å². The fourth-order valence-corrected chi connectivity index (χ4v) is 5.38. The van der Waals surface area contributed by atoms with Crippen molar-refractivity contribution in [2.45, 2.75) is 56.7 Å². The van der Waals surface area contributed by atoms with Gasteiger partial charge in [0.25, 0.3) is 0 Å². The number of rotatable bonds is 5. The zero-order valence-corrected chi connectivity index (χ0v) is 17.7. The normalized spacial score (nSPS) is 26.9. The quantitative estimate of drug-likeness (QED) is 0.637. The van der Waals surface area contributed by atoms with Crippen molar-refractivity contribution >= 4 is 11.6 Å². The van der Waals surface area contributed by atoms with Gasteiger partial charge < -0.3 is 5.32 Å². The summed E-state index contributed by atoms with van der Waals surface area (Å²) >= 11 is 0. The van der Waals surface area contributed by atoms with E-state index in [1.54, 1.807) is 12.5 Å². The van der Waals surface area contributed by atoms with E-state index in [9.17, 15) is 13.2 Å². The Morgan fingerprint density at radius 3 is 2.44 bits per heavy atom. The van der Waals surface area contributed by atoms with Crippen LogP contribution in [0.1, 0.15) is 66.3 Å². The van der Waals surface area contributed by atoms with Crippen LogP contribution in [0.2, 0.25) is 0 Å². The van der Waals surface area contributed by atoms with Crippen molar-refractivity contribution in [1.29, 1.82) is 0 Å². The number of nitrogens with zero attached hydrogens (tertiary/aromatic N) is 7. The van der Waals surface area contributed by atoms with Crippen LogP contribution in [0.4, 0.5) is 24.8 Å². The van der Waals surface area contributed by atoms with Crippen LogP contribution in [0.15, 0.2) is 18.7 Å². The fraction of sp³-hybridized carbons (Fsp3) is 0.571. The number of fused-ring (bicyclic) bond motifs is 1. The van der Waals surface area contributed by atoms with Gasteiger partial charge in [-0.1, -0.05) is 0 Å². The van der Waals surface area contributed by atoms with Crippen molar-refractivity contribution in [3.63, 3.8) is 0 Å². The number of aryl methyl sites for hydroxylation is 1. The van der Waals surface area contributed by atoms with Crippen molar-refractivity contribution in [2.24, 2.45) is 18.9 Å². The molecule has 0 radical (unpaired) electrons. The van der Waals surface area contributed by atoms with Crippen molar-refractivity contribution in [3.8, 4) is 0 Å². The van der Waals surface area contributed by atoms with Gasteiger partial charge in [-0.15, -0.1) is 0 Å². The maximum absolute atomic E-state index is 13.3. The molecule has 32 heavy (non-hydrogen) atoms. The Hall–Kier alpha value is -2.98. The van der Waals surface area contributed by atoms with Crippen LogP contribution in [-0.4, -0.2) is 34.5 Å². The summed E-state index contributed by atoms with van der Waals surface area (Å²) in [6, 6.07) is 0.306. The first-order valence-corrected chi connectivity index (χ1v) is 10.9. The maximum atomic E-state index is 13.3. The van der Waals surface area contributed by atoms with Crippen LogP contribution in [0.3, 0.4) is 0 Å². The van der Waals surface area contributed by atoms with Crippen molar-refractivity contribution in [3.05, 3.63) is 41.5 Å². The highest BCUT2D eigenvalue weighted by atomic mass is 19.4. The van der Waals surface area contributed by atoms with Crippen LogP contribution < -0.4 is 5.32 Å². The van der Waals surface area contributed by atoms with Crippen LogP contribution in [0, 0.1) is 18.8 Å². The standard InChI is InChI=1S/C21H23F3N8/c1-10-16(29-20-25-7-15(21(22,23)24)18(30-20)11-3-4-11)8-27-32(10)12-5-13-14(6-12)17(13)19-26-9-28-31(19)2/h7-9,11-14,17H,3-6H2,1-2H3,(H,25,29,30)/t12?,13-,14+,17?. The topological polar surface area (TPSA) is 86.3 Å². The molecular weight excluding hydrogens is 421 g/mol. The molecule has 0 spiro atoms. The Morgan fingerprint density at radius 1 is 1.06 bits per heavy atom. The van der Waals surface area contributed by atoms with E-state index in [1.165, 1.54) is 0 Å². The smallest absolute Gasteiger partial charge is 0.321 e. The predicted octanol–water partition coefficient (Wildman–Crippen LogP) is 4.11. The molecule has 3 heterocycles. The van der Waals surface area contributed by atoms with Gasteiger partial charge >= 0.3 is 6.18 Å². The van der Waals surface area contributed by atoms with E-state index in [-0.39, 0.29) is 17.6 Å². The predicted molar refractivity (Wildman–Crippen MR) is 108 cm³/mol. The van der Waals surface area contributed by atoms with Gasteiger partial charge in [0.1, 0.15) is 12.2 Å². The molecule has 3 aliphatic rings. The minimum absolute atomic E-state index is 0.0886. The Morgan fingerprint density at radius 2 is 1.81 bits per heavy atom. The number of aromatic nitrogens is 7. The summed E-state index contributed by atoms with van der Waals surface area (Å²) in [6.45, 7) is 1.96. The Kier molecular flexibility index (Phi) is 4.16. The summed E-state index contributed by atoms with van der Waals surface area (Å²) in [5, 5.41) is 11.8. The number of alkyl halides is 3. The van der Waals surface area contributed by atoms with E-state index < -0.39 is 11.7 Å². The van der Waals surface area contributed by atoms with Gasteiger partial charge in [0.15, 0.2) is 0 Å². The lowest BCUT2D eigenvalue weighted by molar-refractivity contribution is -0.138. The molecule has 3 aromatic rings. The summed E-state index contributed by atoms with van der Waals surface area (Å²) in [5.74, 6) is 2.78. The molecule has 4 atom stereocenters. The highest BCUT2D eigenvalue weighted by Gasteiger charge is 2.59. The molecule has 11 heteroatoms. The largest absolute Gasteiger partial charge is 0.419 e. The lowest BCUT2D eigenvalue weighted by Crippen LogP contribution is -2.14. The molecule has 0 bridgehead atoms. The molecule has 8 nitrogen and oxygen atoms in total. The first-order chi connectivity index (χ1) is 15.3. The zero-order chi connectivity index (χ0) is 22.2. The van der Waals surface area contributed by atoms with E-state index in [2.05, 4.69) is 30.5 Å². The molecule has 0 amide bonds. The third kappa shape index (κ3) is 3.17. The van der Waals surface area contributed by atoms with Crippen LogP contribution >= 0.6 is 0 Å². The third-order valence-corrected chi connectivity index (χ3v) is 7.19. The summed E-state index contributed by atoms with van der Waals surface area (Å²) in [6.07, 6.45) is 3.29. The number of halogens is 3. The van der Waals surface area contributed by atoms with E-state index in [1.807, 2.05) is 23.3 Å². The molecular formula is C21H23F3N8. The molecule has 3 aromatic heterocycles. The molecule has 3 fully saturated rings. The zero-order valence-electron chi connectivity index (χ0n) is 17.7. The lowest BCUT2D eigenvalue weighted by Gasteiger charge is -2.17. The van der Waals surface area contributed by atoms with Gasteiger partial charge in [-0.05, 0) is 44.4 Å². The van der Waals surface area contributed by atoms with Crippen molar-refractivity contribution < 1.29 is 13.2 Å². The highest BCUT2D eigenvalue weighted by Crippen LogP contribution is 2.65. The summed E-state index contributed by atoms with van der Waals surface area (Å²) in [7, 11) is 1.93. The van der Waals surface area contributed by atoms with Crippen LogP contribution in [-0.2, 0) is 13.2 Å². The second-order valence-corrected chi connectivity index (χ2v) is 9.20. The molecule has 6 rings (SSSR count). The van der Waals surface area contributed by atoms with Gasteiger partial charge in [-0.25, -0.2) is 15.0 Å². The first kappa shape index (κ1) is 19.7. The van der Waals surface area contributed by atoms with Crippen molar-refractivity contribution in [1.82, 2.24) is 34.5 Å². The number of nitrogens with one attached hydrogen (secondary N) is 1. The molecule has 168 valence electrons. The van der Waals surface area contributed by atoms with E-state index >= 15 is 0 Å². The second-order valence-electron chi connectivity index (χ2n) is 9.20. The summed E-state index contributed by atoms with van der Waals surface area (Å²) in [5.41, 5.74) is 1.01. The van der Waals surface area contributed by atoms with Gasteiger partial charge in [0, 0.05) is 25.1 Å². The molecule has 3 saturated carbocycles. The Balaban J connectivity index is 1.18. The molecule has 1 N–H and O–H groups in total. The molecule has 0 saturated heterocycles. The van der Waals surface area contributed by atoms with E-state index in [0.29, 0.717) is 23.8 Å². The van der Waals surface area contributed by atoms with E-state index in [0.717, 1.165) is 49.1 Å².